The predicted molar refractivity (Wildman–Crippen MR) is 102 cm³/mol. The Labute approximate surface area is 156 Å². The SMILES string of the molecule is CC(C)=CCC(O)[C@@]1(O)C(O)=C(C(=O)CC(C)C)C(=O)C1CC=C(C)C. The maximum Gasteiger partial charge on any atom is 0.176 e. The van der Waals surface area contributed by atoms with E-state index in [2.05, 4.69) is 0 Å². The molecule has 1 aliphatic rings. The molecule has 5 nitrogen and oxygen atoms in total. The number of rotatable bonds is 8. The molecule has 0 radical (unpaired) electrons. The molecule has 1 rings (SSSR count). The highest BCUT2D eigenvalue weighted by atomic mass is 16.4. The minimum atomic E-state index is -2.16. The largest absolute Gasteiger partial charge is 0.508 e. The van der Waals surface area contributed by atoms with Crippen LogP contribution in [0.1, 0.15) is 60.8 Å². The molecular weight excluding hydrogens is 332 g/mol. The van der Waals surface area contributed by atoms with E-state index in [0.29, 0.717) is 0 Å². The van der Waals surface area contributed by atoms with Crippen molar-refractivity contribution < 1.29 is 24.9 Å². The Kier molecular flexibility index (Phi) is 7.54. The van der Waals surface area contributed by atoms with E-state index in [1.807, 2.05) is 41.5 Å². The van der Waals surface area contributed by atoms with E-state index in [9.17, 15) is 24.9 Å². The Balaban J connectivity index is 3.38. The molecule has 5 heteroatoms. The van der Waals surface area contributed by atoms with Gasteiger partial charge in [0.15, 0.2) is 17.2 Å². The van der Waals surface area contributed by atoms with Crippen molar-refractivity contribution in [3.05, 3.63) is 34.6 Å². The molecule has 26 heavy (non-hydrogen) atoms. The molecule has 146 valence electrons. The molecule has 0 aliphatic heterocycles. The van der Waals surface area contributed by atoms with E-state index < -0.39 is 34.9 Å². The highest BCUT2D eigenvalue weighted by Gasteiger charge is 2.58. The van der Waals surface area contributed by atoms with Crippen LogP contribution in [0.25, 0.3) is 0 Å². The summed E-state index contributed by atoms with van der Waals surface area (Å²) >= 11 is 0. The molecule has 3 N–H and O–H groups in total. The van der Waals surface area contributed by atoms with E-state index in [-0.39, 0.29) is 30.8 Å². The van der Waals surface area contributed by atoms with Crippen LogP contribution < -0.4 is 0 Å². The third kappa shape index (κ3) is 4.71. The Morgan fingerprint density at radius 1 is 1.15 bits per heavy atom. The number of carbonyl (C=O) groups is 2. The first-order valence-corrected chi connectivity index (χ1v) is 9.11. The second kappa shape index (κ2) is 8.78. The summed E-state index contributed by atoms with van der Waals surface area (Å²) in [5.74, 6) is -2.84. The van der Waals surface area contributed by atoms with Crippen molar-refractivity contribution in [2.45, 2.75) is 72.5 Å². The molecule has 0 saturated carbocycles. The van der Waals surface area contributed by atoms with Crippen LogP contribution in [-0.4, -0.2) is 38.6 Å². The first-order chi connectivity index (χ1) is 11.9. The summed E-state index contributed by atoms with van der Waals surface area (Å²) in [4.78, 5) is 25.3. The normalized spacial score (nSPS) is 24.0. The summed E-state index contributed by atoms with van der Waals surface area (Å²) in [5.41, 5.74) is -0.626. The van der Waals surface area contributed by atoms with Gasteiger partial charge in [0.2, 0.25) is 0 Å². The lowest BCUT2D eigenvalue weighted by Crippen LogP contribution is -2.49. The Bertz CT molecular complexity index is 645. The zero-order valence-electron chi connectivity index (χ0n) is 16.7. The van der Waals surface area contributed by atoms with E-state index >= 15 is 0 Å². The lowest BCUT2D eigenvalue weighted by Gasteiger charge is -2.33. The standard InChI is InChI=1S/C21H32O5/c1-12(2)7-9-15-19(24)18(16(22)11-14(5)6)20(25)21(15,26)17(23)10-8-13(3)4/h7-8,14-15,17,23,25-26H,9-11H2,1-6H3/t15?,17?,21-/m1/s1. The van der Waals surface area contributed by atoms with Crippen LogP contribution in [0.5, 0.6) is 0 Å². The summed E-state index contributed by atoms with van der Waals surface area (Å²) in [5, 5.41) is 32.4. The zero-order chi connectivity index (χ0) is 20.2. The van der Waals surface area contributed by atoms with Crippen molar-refractivity contribution in [3.8, 4) is 0 Å². The van der Waals surface area contributed by atoms with Gasteiger partial charge in [-0.05, 0) is 46.5 Å². The summed E-state index contributed by atoms with van der Waals surface area (Å²) in [7, 11) is 0. The molecule has 0 heterocycles. The third-order valence-electron chi connectivity index (χ3n) is 4.60. The fraction of sp³-hybridized carbons (Fsp3) is 0.619. The number of aliphatic hydroxyl groups is 3. The van der Waals surface area contributed by atoms with Gasteiger partial charge < -0.3 is 15.3 Å². The highest BCUT2D eigenvalue weighted by molar-refractivity contribution is 6.23. The fourth-order valence-corrected chi connectivity index (χ4v) is 3.16. The highest BCUT2D eigenvalue weighted by Crippen LogP contribution is 2.43. The van der Waals surface area contributed by atoms with E-state index in [4.69, 9.17) is 0 Å². The number of aliphatic hydroxyl groups excluding tert-OH is 2. The quantitative estimate of drug-likeness (QED) is 0.453. The van der Waals surface area contributed by atoms with E-state index in [0.717, 1.165) is 11.1 Å². The lowest BCUT2D eigenvalue weighted by molar-refractivity contribution is -0.134. The molecule has 1 aliphatic carbocycles. The van der Waals surface area contributed by atoms with Gasteiger partial charge in [-0.25, -0.2) is 0 Å². The van der Waals surface area contributed by atoms with Crippen molar-refractivity contribution >= 4 is 11.6 Å². The molecule has 0 aromatic rings. The number of Topliss-reactive ketones (excluding diaryl/α,β-unsaturated/α-hetero) is 2. The molecule has 0 bridgehead atoms. The minimum absolute atomic E-state index is 0.0103. The van der Waals surface area contributed by atoms with Crippen LogP contribution in [-0.2, 0) is 9.59 Å². The first kappa shape index (κ1) is 22.3. The lowest BCUT2D eigenvalue weighted by atomic mass is 9.80. The first-order valence-electron chi connectivity index (χ1n) is 9.11. The maximum absolute atomic E-state index is 12.9. The Hall–Kier alpha value is -1.72. The van der Waals surface area contributed by atoms with Crippen molar-refractivity contribution in [1.29, 1.82) is 0 Å². The van der Waals surface area contributed by atoms with Crippen LogP contribution in [0.3, 0.4) is 0 Å². The van der Waals surface area contributed by atoms with Crippen LogP contribution in [0.2, 0.25) is 0 Å². The van der Waals surface area contributed by atoms with E-state index in [1.165, 1.54) is 0 Å². The summed E-state index contributed by atoms with van der Waals surface area (Å²) in [6, 6.07) is 0. The molecule has 0 spiro atoms. The van der Waals surface area contributed by atoms with Crippen LogP contribution in [0.15, 0.2) is 34.6 Å². The number of allylic oxidation sites excluding steroid dienone is 4. The Morgan fingerprint density at radius 3 is 2.15 bits per heavy atom. The van der Waals surface area contributed by atoms with Gasteiger partial charge in [0.05, 0.1) is 12.0 Å². The molecule has 0 aromatic carbocycles. The molecule has 0 saturated heterocycles. The predicted octanol–water partition coefficient (Wildman–Crippen LogP) is 3.42. The van der Waals surface area contributed by atoms with E-state index in [1.54, 1.807) is 12.2 Å². The monoisotopic (exact) mass is 364 g/mol. The second-order valence-electron chi connectivity index (χ2n) is 8.04. The van der Waals surface area contributed by atoms with Gasteiger partial charge in [-0.15, -0.1) is 0 Å². The van der Waals surface area contributed by atoms with Crippen molar-refractivity contribution in [1.82, 2.24) is 0 Å². The minimum Gasteiger partial charge on any atom is -0.508 e. The number of hydrogen-bond donors (Lipinski definition) is 3. The number of ketones is 2. The van der Waals surface area contributed by atoms with Gasteiger partial charge in [0.25, 0.3) is 0 Å². The molecule has 0 aromatic heterocycles. The molecular formula is C21H32O5. The van der Waals surface area contributed by atoms with Gasteiger partial charge in [0.1, 0.15) is 11.3 Å². The van der Waals surface area contributed by atoms with Gasteiger partial charge in [-0.1, -0.05) is 37.1 Å². The van der Waals surface area contributed by atoms with Crippen LogP contribution in [0.4, 0.5) is 0 Å². The second-order valence-corrected chi connectivity index (χ2v) is 8.04. The molecule has 0 fully saturated rings. The average Bonchev–Trinajstić information content (AvgIpc) is 2.69. The molecule has 3 atom stereocenters. The van der Waals surface area contributed by atoms with Crippen molar-refractivity contribution in [2.75, 3.05) is 0 Å². The summed E-state index contributed by atoms with van der Waals surface area (Å²) < 4.78 is 0. The zero-order valence-corrected chi connectivity index (χ0v) is 16.7. The van der Waals surface area contributed by atoms with Crippen LogP contribution in [0, 0.1) is 11.8 Å². The van der Waals surface area contributed by atoms with Crippen LogP contribution >= 0.6 is 0 Å². The topological polar surface area (TPSA) is 94.8 Å². The smallest absolute Gasteiger partial charge is 0.176 e. The van der Waals surface area contributed by atoms with Gasteiger partial charge in [-0.3, -0.25) is 9.59 Å². The Morgan fingerprint density at radius 2 is 1.69 bits per heavy atom. The fourth-order valence-electron chi connectivity index (χ4n) is 3.16. The average molecular weight is 364 g/mol. The summed E-state index contributed by atoms with van der Waals surface area (Å²) in [6.07, 6.45) is 2.43. The van der Waals surface area contributed by atoms with Gasteiger partial charge >= 0.3 is 0 Å². The third-order valence-corrected chi connectivity index (χ3v) is 4.60. The maximum atomic E-state index is 12.9. The van der Waals surface area contributed by atoms with Gasteiger partial charge in [-0.2, -0.15) is 0 Å². The number of carbonyl (C=O) groups excluding carboxylic acids is 2. The van der Waals surface area contributed by atoms with Crippen molar-refractivity contribution in [3.63, 3.8) is 0 Å². The van der Waals surface area contributed by atoms with Crippen molar-refractivity contribution in [2.24, 2.45) is 11.8 Å². The molecule has 0 amide bonds. The summed E-state index contributed by atoms with van der Waals surface area (Å²) in [6.45, 7) is 11.1. The molecule has 2 unspecified atom stereocenters. The number of hydrogen-bond acceptors (Lipinski definition) is 5. The van der Waals surface area contributed by atoms with Gasteiger partial charge in [0, 0.05) is 6.42 Å².